The quantitative estimate of drug-likeness (QED) is 0.546. The van der Waals surface area contributed by atoms with Crippen molar-refractivity contribution < 1.29 is 18.0 Å². The molecule has 0 N–H and O–H groups in total. The van der Waals surface area contributed by atoms with E-state index in [-0.39, 0.29) is 34.6 Å². The second kappa shape index (κ2) is 10.4. The van der Waals surface area contributed by atoms with Crippen LogP contribution in [0.5, 0.6) is 0 Å². The Hall–Kier alpha value is -2.62. The van der Waals surface area contributed by atoms with Gasteiger partial charge in [0, 0.05) is 73.5 Å². The van der Waals surface area contributed by atoms with Crippen LogP contribution in [0.1, 0.15) is 38.2 Å². The second-order valence-corrected chi connectivity index (χ2v) is 13.7. The van der Waals surface area contributed by atoms with Crippen molar-refractivity contribution in [2.45, 2.75) is 50.0 Å². The lowest BCUT2D eigenvalue weighted by atomic mass is 9.96. The van der Waals surface area contributed by atoms with Crippen LogP contribution in [0.15, 0.2) is 47.4 Å². The Morgan fingerprint density at radius 2 is 1.46 bits per heavy atom. The molecule has 1 unspecified atom stereocenters. The van der Waals surface area contributed by atoms with Crippen molar-refractivity contribution in [1.29, 1.82) is 0 Å². The van der Waals surface area contributed by atoms with Crippen LogP contribution in [0.2, 0.25) is 5.02 Å². The molecule has 1 aliphatic carbocycles. The van der Waals surface area contributed by atoms with Crippen molar-refractivity contribution in [3.8, 4) is 0 Å². The molecule has 39 heavy (non-hydrogen) atoms. The minimum Gasteiger partial charge on any atom is -0.368 e. The number of amides is 2. The van der Waals surface area contributed by atoms with E-state index in [1.54, 1.807) is 18.2 Å². The molecule has 0 radical (unpaired) electrons. The second-order valence-electron chi connectivity index (χ2n) is 11.3. The summed E-state index contributed by atoms with van der Waals surface area (Å²) in [6.07, 6.45) is 3.62. The maximum Gasteiger partial charge on any atom is 0.243 e. The zero-order valence-corrected chi connectivity index (χ0v) is 23.8. The smallest absolute Gasteiger partial charge is 0.243 e. The number of carbonyl (C=O) groups is 2. The average Bonchev–Trinajstić information content (AvgIpc) is 3.75. The first kappa shape index (κ1) is 26.6. The van der Waals surface area contributed by atoms with Crippen molar-refractivity contribution in [3.05, 3.63) is 53.1 Å². The zero-order valence-electron chi connectivity index (χ0n) is 22.3. The molecule has 0 spiro atoms. The summed E-state index contributed by atoms with van der Waals surface area (Å²) in [6, 6.07) is 13.0. The Bertz CT molecular complexity index is 1360. The highest BCUT2D eigenvalue weighted by molar-refractivity contribution is 7.89. The number of rotatable bonds is 5. The Labute approximate surface area is 235 Å². The molecule has 208 valence electrons. The van der Waals surface area contributed by atoms with Gasteiger partial charge >= 0.3 is 0 Å². The van der Waals surface area contributed by atoms with Gasteiger partial charge in [0.25, 0.3) is 0 Å². The van der Waals surface area contributed by atoms with E-state index in [0.29, 0.717) is 50.5 Å². The largest absolute Gasteiger partial charge is 0.368 e. The highest BCUT2D eigenvalue weighted by atomic mass is 35.5. The molecule has 3 heterocycles. The summed E-state index contributed by atoms with van der Waals surface area (Å²) < 4.78 is 28.5. The maximum absolute atomic E-state index is 13.5. The Morgan fingerprint density at radius 3 is 2.10 bits per heavy atom. The number of hydrogen-bond donors (Lipinski definition) is 0. The predicted octanol–water partition coefficient (Wildman–Crippen LogP) is 3.78. The average molecular weight is 571 g/mol. The van der Waals surface area contributed by atoms with Gasteiger partial charge in [-0.1, -0.05) is 11.6 Å². The third-order valence-electron chi connectivity index (χ3n) is 8.65. The number of nitrogens with zero attached hydrogens (tertiary/aromatic N) is 4. The van der Waals surface area contributed by atoms with Gasteiger partial charge in [0.1, 0.15) is 0 Å². The molecule has 4 aliphatic rings. The first-order chi connectivity index (χ1) is 18.7. The number of carbonyl (C=O) groups excluding carboxylic acids is 2. The topological polar surface area (TPSA) is 81.2 Å². The van der Waals surface area contributed by atoms with Crippen molar-refractivity contribution in [3.63, 3.8) is 0 Å². The summed E-state index contributed by atoms with van der Waals surface area (Å²) in [7, 11) is -3.67. The Kier molecular flexibility index (Phi) is 7.10. The van der Waals surface area contributed by atoms with E-state index in [1.165, 1.54) is 4.31 Å². The van der Waals surface area contributed by atoms with E-state index < -0.39 is 10.0 Å². The lowest BCUT2D eigenvalue weighted by Crippen LogP contribution is -2.52. The molecule has 2 aromatic carbocycles. The number of piperidine rings is 1. The Balaban J connectivity index is 1.05. The molecular formula is C29H35ClN4O4S. The van der Waals surface area contributed by atoms with Gasteiger partial charge in [0.15, 0.2) is 0 Å². The van der Waals surface area contributed by atoms with Crippen molar-refractivity contribution in [2.24, 2.45) is 11.8 Å². The minimum absolute atomic E-state index is 0.0425. The standard InChI is InChI=1S/C29H35ClN4O4S/c1-20-18-23-19-26(8-9-27(23)34(20)29(36)21-2-3-21)39(37,38)33-12-10-22(11-13-33)28(35)32-16-14-31(15-17-32)25-6-4-24(30)5-7-25/h4-9,19-22H,2-3,10-18H2,1H3. The molecule has 10 heteroatoms. The monoisotopic (exact) mass is 570 g/mol. The molecule has 1 atom stereocenters. The van der Waals surface area contributed by atoms with Gasteiger partial charge in [-0.05, 0) is 87.1 Å². The number of anilines is 2. The number of piperazine rings is 1. The summed E-state index contributed by atoms with van der Waals surface area (Å²) in [4.78, 5) is 32.3. The molecule has 3 fully saturated rings. The molecular weight excluding hydrogens is 536 g/mol. The van der Waals surface area contributed by atoms with Crippen molar-refractivity contribution >= 4 is 44.8 Å². The number of benzene rings is 2. The van der Waals surface area contributed by atoms with E-state index >= 15 is 0 Å². The van der Waals surface area contributed by atoms with Crippen molar-refractivity contribution in [1.82, 2.24) is 9.21 Å². The van der Waals surface area contributed by atoms with Crippen LogP contribution in [-0.4, -0.2) is 74.7 Å². The van der Waals surface area contributed by atoms with Crippen LogP contribution in [0.3, 0.4) is 0 Å². The van der Waals surface area contributed by atoms with E-state index in [1.807, 2.05) is 41.0 Å². The fraction of sp³-hybridized carbons (Fsp3) is 0.517. The lowest BCUT2D eigenvalue weighted by molar-refractivity contribution is -0.137. The summed E-state index contributed by atoms with van der Waals surface area (Å²) in [5.41, 5.74) is 2.87. The maximum atomic E-state index is 13.5. The third-order valence-corrected chi connectivity index (χ3v) is 10.8. The molecule has 0 aromatic heterocycles. The van der Waals surface area contributed by atoms with Crippen molar-refractivity contribution in [2.75, 3.05) is 49.1 Å². The van der Waals surface area contributed by atoms with Crippen LogP contribution in [0, 0.1) is 11.8 Å². The van der Waals surface area contributed by atoms with Gasteiger partial charge in [0.2, 0.25) is 21.8 Å². The van der Waals surface area contributed by atoms with Gasteiger partial charge in [0.05, 0.1) is 4.90 Å². The molecule has 3 aliphatic heterocycles. The fourth-order valence-electron chi connectivity index (χ4n) is 6.22. The molecule has 2 aromatic rings. The van der Waals surface area contributed by atoms with Gasteiger partial charge in [-0.15, -0.1) is 0 Å². The normalized spacial score (nSPS) is 22.7. The third kappa shape index (κ3) is 5.16. The zero-order chi connectivity index (χ0) is 27.3. The van der Waals surface area contributed by atoms with Crippen LogP contribution in [0.4, 0.5) is 11.4 Å². The molecule has 2 amide bonds. The van der Waals surface area contributed by atoms with Crippen LogP contribution >= 0.6 is 11.6 Å². The van der Waals surface area contributed by atoms with Crippen LogP contribution < -0.4 is 9.80 Å². The number of halogens is 1. The first-order valence-electron chi connectivity index (χ1n) is 14.0. The molecule has 0 bridgehead atoms. The van der Waals surface area contributed by atoms with E-state index in [9.17, 15) is 18.0 Å². The highest BCUT2D eigenvalue weighted by Crippen LogP contribution is 2.40. The van der Waals surface area contributed by atoms with Gasteiger partial charge in [-0.25, -0.2) is 8.42 Å². The minimum atomic E-state index is -3.67. The molecule has 8 nitrogen and oxygen atoms in total. The molecule has 1 saturated carbocycles. The lowest BCUT2D eigenvalue weighted by Gasteiger charge is -2.39. The van der Waals surface area contributed by atoms with Crippen LogP contribution in [0.25, 0.3) is 0 Å². The van der Waals surface area contributed by atoms with Crippen LogP contribution in [-0.2, 0) is 26.0 Å². The number of sulfonamides is 1. The molecule has 2 saturated heterocycles. The fourth-order valence-corrected chi connectivity index (χ4v) is 7.86. The summed E-state index contributed by atoms with van der Waals surface area (Å²) in [5.74, 6) is 0.268. The molecule has 6 rings (SSSR count). The van der Waals surface area contributed by atoms with E-state index in [4.69, 9.17) is 11.6 Å². The van der Waals surface area contributed by atoms with Gasteiger partial charge < -0.3 is 14.7 Å². The number of fused-ring (bicyclic) bond motifs is 1. The summed E-state index contributed by atoms with van der Waals surface area (Å²) in [5, 5.41) is 0.707. The van der Waals surface area contributed by atoms with Gasteiger partial charge in [-0.2, -0.15) is 4.31 Å². The summed E-state index contributed by atoms with van der Waals surface area (Å²) >= 11 is 6.00. The van der Waals surface area contributed by atoms with E-state index in [2.05, 4.69) is 4.90 Å². The highest BCUT2D eigenvalue weighted by Gasteiger charge is 2.40. The SMILES string of the molecule is CC1Cc2cc(S(=O)(=O)N3CCC(C(=O)N4CCN(c5ccc(Cl)cc5)CC4)CC3)ccc2N1C(=O)C1CC1. The predicted molar refractivity (Wildman–Crippen MR) is 152 cm³/mol. The first-order valence-corrected chi connectivity index (χ1v) is 15.8. The van der Waals surface area contributed by atoms with E-state index in [0.717, 1.165) is 42.9 Å². The number of hydrogen-bond acceptors (Lipinski definition) is 5. The van der Waals surface area contributed by atoms with Gasteiger partial charge in [-0.3, -0.25) is 9.59 Å². The Morgan fingerprint density at radius 1 is 0.821 bits per heavy atom. The summed E-state index contributed by atoms with van der Waals surface area (Å²) in [6.45, 7) is 5.55.